The van der Waals surface area contributed by atoms with E-state index >= 15 is 0 Å². The van der Waals surface area contributed by atoms with E-state index in [0.29, 0.717) is 0 Å². The zero-order chi connectivity index (χ0) is 16.8. The molecule has 1 unspecified atom stereocenters. The number of aryl methyl sites for hydroxylation is 1. The highest BCUT2D eigenvalue weighted by Gasteiger charge is 2.15. The van der Waals surface area contributed by atoms with Gasteiger partial charge >= 0.3 is 0 Å². The van der Waals surface area contributed by atoms with Crippen LogP contribution in [0.25, 0.3) is 10.6 Å². The van der Waals surface area contributed by atoms with Gasteiger partial charge in [-0.1, -0.05) is 0 Å². The van der Waals surface area contributed by atoms with E-state index in [0.717, 1.165) is 41.4 Å². The second-order valence-corrected chi connectivity index (χ2v) is 9.42. The quantitative estimate of drug-likeness (QED) is 0.345. The number of hydrogen-bond acceptors (Lipinski definition) is 5. The Morgan fingerprint density at radius 3 is 2.92 bits per heavy atom. The lowest BCUT2D eigenvalue weighted by atomic mass is 10.2. The number of aliphatic imine (C=N–C) groups is 1. The third-order valence-corrected chi connectivity index (χ3v) is 7.28. The van der Waals surface area contributed by atoms with Gasteiger partial charge in [0, 0.05) is 35.6 Å². The van der Waals surface area contributed by atoms with E-state index in [1.54, 1.807) is 11.3 Å². The van der Waals surface area contributed by atoms with E-state index in [1.165, 1.54) is 28.3 Å². The van der Waals surface area contributed by atoms with E-state index in [9.17, 15) is 0 Å². The van der Waals surface area contributed by atoms with Gasteiger partial charge in [-0.05, 0) is 44.1 Å². The molecule has 3 rings (SSSR count). The predicted molar refractivity (Wildman–Crippen MR) is 124 cm³/mol. The topological polar surface area (TPSA) is 49.3 Å². The van der Waals surface area contributed by atoms with Gasteiger partial charge in [0.2, 0.25) is 0 Å². The molecule has 1 saturated heterocycles. The predicted octanol–water partition coefficient (Wildman–Crippen LogP) is 4.40. The van der Waals surface area contributed by atoms with Gasteiger partial charge in [-0.2, -0.15) is 11.8 Å². The number of hydrogen-bond donors (Lipinski definition) is 2. The van der Waals surface area contributed by atoms with Crippen molar-refractivity contribution in [3.8, 4) is 10.6 Å². The summed E-state index contributed by atoms with van der Waals surface area (Å²) < 4.78 is 0. The summed E-state index contributed by atoms with van der Waals surface area (Å²) in [6, 6.07) is 4.39. The molecule has 25 heavy (non-hydrogen) atoms. The Bertz CT molecular complexity index is 677. The number of thioether (sulfide) groups is 1. The molecule has 1 aliphatic heterocycles. The monoisotopic (exact) mass is 508 g/mol. The molecule has 0 radical (unpaired) electrons. The molecule has 8 heteroatoms. The number of halogens is 1. The minimum atomic E-state index is 0. The van der Waals surface area contributed by atoms with Crippen LogP contribution in [0.1, 0.15) is 22.7 Å². The van der Waals surface area contributed by atoms with E-state index in [4.69, 9.17) is 0 Å². The van der Waals surface area contributed by atoms with Gasteiger partial charge in [0.05, 0.1) is 15.6 Å². The molecule has 0 aromatic carbocycles. The van der Waals surface area contributed by atoms with Crippen molar-refractivity contribution >= 4 is 64.4 Å². The first-order chi connectivity index (χ1) is 11.7. The van der Waals surface area contributed by atoms with Crippen LogP contribution in [0.2, 0.25) is 0 Å². The average Bonchev–Trinajstić information content (AvgIpc) is 3.32. The van der Waals surface area contributed by atoms with Gasteiger partial charge in [-0.3, -0.25) is 4.99 Å². The Labute approximate surface area is 179 Å². The summed E-state index contributed by atoms with van der Waals surface area (Å²) in [5.74, 6) is 2.21. The lowest BCUT2D eigenvalue weighted by Crippen LogP contribution is -2.40. The van der Waals surface area contributed by atoms with Gasteiger partial charge in [0.15, 0.2) is 5.96 Å². The van der Waals surface area contributed by atoms with Crippen molar-refractivity contribution in [2.24, 2.45) is 4.99 Å². The van der Waals surface area contributed by atoms with Crippen molar-refractivity contribution in [2.75, 3.05) is 25.9 Å². The van der Waals surface area contributed by atoms with Crippen LogP contribution in [-0.2, 0) is 6.42 Å². The summed E-state index contributed by atoms with van der Waals surface area (Å²) in [7, 11) is 1.84. The second kappa shape index (κ2) is 10.7. The largest absolute Gasteiger partial charge is 0.356 e. The van der Waals surface area contributed by atoms with Gasteiger partial charge < -0.3 is 10.6 Å². The third kappa shape index (κ3) is 6.41. The van der Waals surface area contributed by atoms with Crippen molar-refractivity contribution in [3.05, 3.63) is 27.4 Å². The molecular formula is C17H25IN4S3. The highest BCUT2D eigenvalue weighted by atomic mass is 127. The van der Waals surface area contributed by atoms with Gasteiger partial charge in [0.25, 0.3) is 0 Å². The van der Waals surface area contributed by atoms with Crippen LogP contribution in [0.15, 0.2) is 22.5 Å². The molecule has 0 bridgehead atoms. The van der Waals surface area contributed by atoms with Crippen molar-refractivity contribution in [2.45, 2.75) is 31.4 Å². The molecule has 1 fully saturated rings. The Morgan fingerprint density at radius 2 is 2.24 bits per heavy atom. The summed E-state index contributed by atoms with van der Waals surface area (Å²) in [5.41, 5.74) is 1.10. The normalized spacial score (nSPS) is 17.4. The van der Waals surface area contributed by atoms with Gasteiger partial charge in [-0.25, -0.2) is 4.98 Å². The Kier molecular flexibility index (Phi) is 9.01. The first-order valence-corrected chi connectivity index (χ1v) is 11.1. The number of rotatable bonds is 6. The number of aromatic nitrogens is 1. The highest BCUT2D eigenvalue weighted by molar-refractivity contribution is 14.0. The molecule has 1 aliphatic rings. The maximum atomic E-state index is 4.56. The minimum absolute atomic E-state index is 0. The zero-order valence-electron chi connectivity index (χ0n) is 14.6. The van der Waals surface area contributed by atoms with Gasteiger partial charge in [-0.15, -0.1) is 46.7 Å². The molecule has 3 heterocycles. The molecule has 1 atom stereocenters. The second-order valence-electron chi connectivity index (χ2n) is 5.78. The maximum absolute atomic E-state index is 4.56. The molecule has 0 saturated carbocycles. The number of guanidine groups is 1. The molecule has 2 aromatic rings. The minimum Gasteiger partial charge on any atom is -0.356 e. The van der Waals surface area contributed by atoms with E-state index < -0.39 is 0 Å². The van der Waals surface area contributed by atoms with Crippen LogP contribution in [0.5, 0.6) is 0 Å². The van der Waals surface area contributed by atoms with Crippen molar-refractivity contribution in [1.82, 2.24) is 15.6 Å². The van der Waals surface area contributed by atoms with E-state index in [2.05, 4.69) is 56.8 Å². The highest BCUT2D eigenvalue weighted by Crippen LogP contribution is 2.29. The van der Waals surface area contributed by atoms with Crippen LogP contribution in [0.4, 0.5) is 0 Å². The molecular weight excluding hydrogens is 483 g/mol. The number of thiazole rings is 1. The first kappa shape index (κ1) is 21.0. The fourth-order valence-electron chi connectivity index (χ4n) is 2.67. The van der Waals surface area contributed by atoms with Crippen LogP contribution in [0.3, 0.4) is 0 Å². The first-order valence-electron chi connectivity index (χ1n) is 8.32. The third-order valence-electron chi connectivity index (χ3n) is 3.94. The summed E-state index contributed by atoms with van der Waals surface area (Å²) >= 11 is 5.61. The Balaban J connectivity index is 0.00000225. The molecule has 138 valence electrons. The number of thiophene rings is 1. The summed E-state index contributed by atoms with van der Waals surface area (Å²) in [6.45, 7) is 3.96. The van der Waals surface area contributed by atoms with Crippen LogP contribution < -0.4 is 10.6 Å². The van der Waals surface area contributed by atoms with Crippen molar-refractivity contribution in [1.29, 1.82) is 0 Å². The fourth-order valence-corrected chi connectivity index (χ4v) is 5.52. The summed E-state index contributed by atoms with van der Waals surface area (Å²) in [6.07, 6.45) is 3.68. The standard InChI is InChI=1S/C17H24N4S3.HI/c1-12-21-15(11-23-12)16-6-5-13(24-16)7-8-19-17(18-2)20-10-14-4-3-9-22-14;/h5-6,11,14H,3-4,7-10H2,1-2H3,(H2,18,19,20);1H. The summed E-state index contributed by atoms with van der Waals surface area (Å²) in [5, 5.41) is 10.9. The maximum Gasteiger partial charge on any atom is 0.191 e. The fraction of sp³-hybridized carbons (Fsp3) is 0.529. The van der Waals surface area contributed by atoms with Crippen LogP contribution in [0, 0.1) is 6.92 Å². The molecule has 2 aromatic heterocycles. The van der Waals surface area contributed by atoms with E-state index in [1.807, 2.05) is 18.4 Å². The average molecular weight is 509 g/mol. The lowest BCUT2D eigenvalue weighted by molar-refractivity contribution is 0.725. The number of nitrogens with one attached hydrogen (secondary N) is 2. The Morgan fingerprint density at radius 1 is 1.36 bits per heavy atom. The molecule has 2 N–H and O–H groups in total. The van der Waals surface area contributed by atoms with Crippen LogP contribution in [-0.4, -0.2) is 42.1 Å². The van der Waals surface area contributed by atoms with Crippen LogP contribution >= 0.6 is 58.4 Å². The lowest BCUT2D eigenvalue weighted by Gasteiger charge is -2.14. The zero-order valence-corrected chi connectivity index (χ0v) is 19.4. The number of nitrogens with zero attached hydrogens (tertiary/aromatic N) is 2. The van der Waals surface area contributed by atoms with E-state index in [-0.39, 0.29) is 24.0 Å². The molecule has 4 nitrogen and oxygen atoms in total. The Hall–Kier alpha value is -0.320. The molecule has 0 spiro atoms. The summed E-state index contributed by atoms with van der Waals surface area (Å²) in [4.78, 5) is 11.5. The van der Waals surface area contributed by atoms with Crippen molar-refractivity contribution < 1.29 is 0 Å². The van der Waals surface area contributed by atoms with Crippen molar-refractivity contribution in [3.63, 3.8) is 0 Å². The SMILES string of the molecule is CN=C(NCCc1ccc(-c2csc(C)n2)s1)NCC1CCCS1.I. The molecule has 0 aliphatic carbocycles. The molecule has 0 amide bonds. The van der Waals surface area contributed by atoms with Gasteiger partial charge in [0.1, 0.15) is 0 Å². The smallest absolute Gasteiger partial charge is 0.191 e.